The van der Waals surface area contributed by atoms with Crippen molar-refractivity contribution in [3.8, 4) is 22.6 Å². The normalized spacial score (nSPS) is 21.3. The van der Waals surface area contributed by atoms with Crippen LogP contribution in [0.5, 0.6) is 11.5 Å². The molecule has 0 radical (unpaired) electrons. The van der Waals surface area contributed by atoms with E-state index < -0.39 is 35.1 Å². The molecule has 3 saturated heterocycles. The number of piperidine rings is 2. The summed E-state index contributed by atoms with van der Waals surface area (Å²) in [4.78, 5) is 43.5. The van der Waals surface area contributed by atoms with Gasteiger partial charge in [0, 0.05) is 91.5 Å². The van der Waals surface area contributed by atoms with Gasteiger partial charge in [0.1, 0.15) is 11.6 Å². The number of methoxy groups -OCH3 is 1. The summed E-state index contributed by atoms with van der Waals surface area (Å²) < 4.78 is 45.8. The fourth-order valence-electron chi connectivity index (χ4n) is 10.0. The number of aromatic nitrogens is 2. The molecule has 5 aromatic rings. The molecule has 4 amide bonds. The average Bonchev–Trinajstić information content (AvgIpc) is 3.76. The average molecular weight is 867 g/mol. The number of nitrogens with one attached hydrogen (secondary N) is 2. The molecule has 2 unspecified atom stereocenters. The van der Waals surface area contributed by atoms with E-state index in [1.807, 2.05) is 50.4 Å². The first-order valence-corrected chi connectivity index (χ1v) is 21.5. The van der Waals surface area contributed by atoms with Crippen molar-refractivity contribution in [2.45, 2.75) is 62.6 Å². The van der Waals surface area contributed by atoms with Gasteiger partial charge in [-0.3, -0.25) is 24.5 Å². The van der Waals surface area contributed by atoms with Gasteiger partial charge < -0.3 is 30.3 Å². The van der Waals surface area contributed by atoms with Crippen LogP contribution in [0.1, 0.15) is 66.4 Å². The number of rotatable bonds is 10. The molecule has 9 rings (SSSR count). The summed E-state index contributed by atoms with van der Waals surface area (Å²) in [7, 11) is 3.18. The fourth-order valence-corrected chi connectivity index (χ4v) is 10.3. The summed E-state index contributed by atoms with van der Waals surface area (Å²) >= 11 is 6.70. The highest BCUT2D eigenvalue weighted by Gasteiger charge is 2.50. The number of urea groups is 1. The maximum atomic E-state index is 16.2. The van der Waals surface area contributed by atoms with Crippen molar-refractivity contribution in [3.63, 3.8) is 0 Å². The molecule has 13 nitrogen and oxygen atoms in total. The molecule has 62 heavy (non-hydrogen) atoms. The summed E-state index contributed by atoms with van der Waals surface area (Å²) in [6.45, 7) is 6.34. The Bertz CT molecular complexity index is 2580. The van der Waals surface area contributed by atoms with Crippen molar-refractivity contribution in [1.82, 2.24) is 25.3 Å². The minimum Gasteiger partial charge on any atom is -0.494 e. The number of carbonyl (C=O) groups is 3. The van der Waals surface area contributed by atoms with E-state index in [1.54, 1.807) is 4.68 Å². The highest BCUT2D eigenvalue weighted by molar-refractivity contribution is 6.34. The number of hydrogen-bond acceptors (Lipinski definition) is 9. The lowest BCUT2D eigenvalue weighted by molar-refractivity contribution is -0.120. The summed E-state index contributed by atoms with van der Waals surface area (Å²) in [6, 6.07) is 20.1. The zero-order valence-electron chi connectivity index (χ0n) is 34.8. The summed E-state index contributed by atoms with van der Waals surface area (Å²) in [6.07, 6.45) is 4.16. The minimum absolute atomic E-state index is 0.0196. The molecule has 0 saturated carbocycles. The second kappa shape index (κ2) is 16.5. The third kappa shape index (κ3) is 7.19. The molecule has 4 aliphatic rings. The van der Waals surface area contributed by atoms with Gasteiger partial charge in [-0.15, -0.1) is 0 Å². The van der Waals surface area contributed by atoms with Gasteiger partial charge in [-0.05, 0) is 74.7 Å². The number of imide groups is 1. The number of likely N-dealkylation sites (tertiary alicyclic amines) is 1. The van der Waals surface area contributed by atoms with E-state index in [9.17, 15) is 14.4 Å². The lowest BCUT2D eigenvalue weighted by atomic mass is 9.77. The summed E-state index contributed by atoms with van der Waals surface area (Å²) in [5.41, 5.74) is 7.74. The van der Waals surface area contributed by atoms with Crippen molar-refractivity contribution in [1.29, 1.82) is 0 Å². The van der Waals surface area contributed by atoms with Crippen LogP contribution in [0, 0.1) is 11.6 Å². The zero-order chi connectivity index (χ0) is 43.4. The number of ether oxygens (including phenoxy) is 2. The first-order valence-electron chi connectivity index (χ1n) is 21.1. The Hall–Kier alpha value is -5.77. The number of fused-ring (bicyclic) bond motifs is 2. The van der Waals surface area contributed by atoms with Gasteiger partial charge >= 0.3 is 6.03 Å². The SMILES string of the molecule is COc1ccc(C(N)=O)c(-c2c(Cl)c(F)cc3c2C(C)C(CNC2CCN(C4CCN(c5ccc6c(N7CCC(=O)NC7=O)nn(C)c6c5)CC4)CC2)(c2ccccc2)O3)c1F. The number of amides is 4. The van der Waals surface area contributed by atoms with Gasteiger partial charge in [0.05, 0.1) is 23.2 Å². The van der Waals surface area contributed by atoms with E-state index in [-0.39, 0.29) is 51.6 Å². The van der Waals surface area contributed by atoms with Crippen LogP contribution in [0.4, 0.5) is 25.1 Å². The summed E-state index contributed by atoms with van der Waals surface area (Å²) in [5, 5.41) is 11.4. The molecule has 4 N–H and O–H groups in total. The van der Waals surface area contributed by atoms with Crippen molar-refractivity contribution in [3.05, 3.63) is 100 Å². The first kappa shape index (κ1) is 41.6. The van der Waals surface area contributed by atoms with E-state index in [0.29, 0.717) is 30.5 Å². The maximum Gasteiger partial charge on any atom is 0.329 e. The van der Waals surface area contributed by atoms with E-state index in [1.165, 1.54) is 30.2 Å². The topological polar surface area (TPSA) is 147 Å². The second-order valence-electron chi connectivity index (χ2n) is 16.7. The highest BCUT2D eigenvalue weighted by atomic mass is 35.5. The monoisotopic (exact) mass is 866 g/mol. The second-order valence-corrected chi connectivity index (χ2v) is 17.1. The summed E-state index contributed by atoms with van der Waals surface area (Å²) in [5.74, 6) is -2.68. The van der Waals surface area contributed by atoms with Crippen LogP contribution in [-0.4, -0.2) is 91.0 Å². The van der Waals surface area contributed by atoms with E-state index >= 15 is 8.78 Å². The number of halogens is 3. The van der Waals surface area contributed by atoms with Crippen molar-refractivity contribution < 1.29 is 32.6 Å². The molecule has 4 aliphatic heterocycles. The number of nitrogens with zero attached hydrogens (tertiary/aromatic N) is 5. The largest absolute Gasteiger partial charge is 0.494 e. The number of primary amides is 1. The number of hydrogen-bond donors (Lipinski definition) is 3. The molecule has 16 heteroatoms. The quantitative estimate of drug-likeness (QED) is 0.137. The number of carbonyl (C=O) groups excluding carboxylic acids is 3. The molecule has 0 spiro atoms. The smallest absolute Gasteiger partial charge is 0.329 e. The molecular weight excluding hydrogens is 818 g/mol. The van der Waals surface area contributed by atoms with Crippen LogP contribution in [0.2, 0.25) is 5.02 Å². The molecule has 2 atom stereocenters. The van der Waals surface area contributed by atoms with Gasteiger partial charge in [-0.25, -0.2) is 13.6 Å². The predicted octanol–water partition coefficient (Wildman–Crippen LogP) is 6.84. The van der Waals surface area contributed by atoms with Crippen molar-refractivity contribution in [2.24, 2.45) is 12.8 Å². The van der Waals surface area contributed by atoms with Gasteiger partial charge in [-0.2, -0.15) is 5.10 Å². The molecule has 5 heterocycles. The predicted molar refractivity (Wildman–Crippen MR) is 233 cm³/mol. The van der Waals surface area contributed by atoms with E-state index in [2.05, 4.69) is 37.7 Å². The third-order valence-corrected chi connectivity index (χ3v) is 13.8. The van der Waals surface area contributed by atoms with Crippen LogP contribution >= 0.6 is 11.6 Å². The zero-order valence-corrected chi connectivity index (χ0v) is 35.6. The molecule has 0 bridgehead atoms. The molecule has 324 valence electrons. The third-order valence-electron chi connectivity index (χ3n) is 13.4. The Kier molecular flexibility index (Phi) is 11.1. The van der Waals surface area contributed by atoms with Gasteiger partial charge in [0.2, 0.25) is 11.8 Å². The Morgan fingerprint density at radius 2 is 1.74 bits per heavy atom. The van der Waals surface area contributed by atoms with Crippen LogP contribution in [0.3, 0.4) is 0 Å². The van der Waals surface area contributed by atoms with Gasteiger partial charge in [-0.1, -0.05) is 48.9 Å². The van der Waals surface area contributed by atoms with Gasteiger partial charge in [0.25, 0.3) is 0 Å². The number of nitrogens with two attached hydrogens (primary N) is 1. The van der Waals surface area contributed by atoms with Crippen LogP contribution in [0.25, 0.3) is 22.0 Å². The fraction of sp³-hybridized carbons (Fsp3) is 0.391. The Labute approximate surface area is 363 Å². The number of aryl methyl sites for hydroxylation is 1. The molecule has 0 aliphatic carbocycles. The maximum absolute atomic E-state index is 16.2. The standard InChI is InChI=1S/C46H49ClF2N8O5/c1-26-38-36(24-33(48)41(47)40(38)39-32(43(50)59)11-12-35(61-3)42(39)49)62-46(26,27-7-5-4-6-8-27)25-51-28-13-18-55(19-14-28)29-15-20-56(21-16-29)30-9-10-31-34(23-30)54(2)53-44(31)57-22-17-37(58)52-45(57)60/h4-12,23-24,26,28-29,51H,13-22,25H2,1-3H3,(H2,50,59)(H,52,58,60). The number of anilines is 2. The highest BCUT2D eigenvalue weighted by Crippen LogP contribution is 2.56. The van der Waals surface area contributed by atoms with E-state index in [4.69, 9.17) is 26.8 Å². The van der Waals surface area contributed by atoms with Gasteiger partial charge in [0.15, 0.2) is 23.0 Å². The molecular formula is C46H49ClF2N8O5. The lowest BCUT2D eigenvalue weighted by Crippen LogP contribution is -2.53. The molecule has 4 aromatic carbocycles. The van der Waals surface area contributed by atoms with Crippen molar-refractivity contribution >= 4 is 51.9 Å². The molecule has 1 aromatic heterocycles. The Balaban J connectivity index is 0.876. The van der Waals surface area contributed by atoms with Crippen LogP contribution in [0.15, 0.2) is 66.7 Å². The number of benzene rings is 4. The van der Waals surface area contributed by atoms with Crippen LogP contribution < -0.4 is 35.6 Å². The minimum atomic E-state index is -1.02. The lowest BCUT2D eigenvalue weighted by Gasteiger charge is -2.43. The van der Waals surface area contributed by atoms with E-state index in [0.717, 1.165) is 74.0 Å². The van der Waals surface area contributed by atoms with Crippen molar-refractivity contribution in [2.75, 3.05) is 56.2 Å². The Morgan fingerprint density at radius 1 is 1.00 bits per heavy atom. The molecule has 3 fully saturated rings. The van der Waals surface area contributed by atoms with Crippen LogP contribution in [-0.2, 0) is 17.4 Å². The first-order chi connectivity index (χ1) is 29.9. The Morgan fingerprint density at radius 3 is 2.44 bits per heavy atom.